The molecule has 0 bridgehead atoms. The van der Waals surface area contributed by atoms with Gasteiger partial charge in [-0.25, -0.2) is 4.39 Å². The number of nitrogens with one attached hydrogen (secondary N) is 2. The molecule has 7 aromatic rings. The third kappa shape index (κ3) is 6.11. The van der Waals surface area contributed by atoms with Gasteiger partial charge in [-0.05, 0) is 67.2 Å². The van der Waals surface area contributed by atoms with E-state index in [1.807, 2.05) is 85.9 Å². The van der Waals surface area contributed by atoms with Crippen molar-refractivity contribution in [2.75, 3.05) is 27.2 Å². The summed E-state index contributed by atoms with van der Waals surface area (Å²) in [6, 6.07) is 25.0. The van der Waals surface area contributed by atoms with Crippen LogP contribution in [0.3, 0.4) is 0 Å². The Morgan fingerprint density at radius 1 is 0.733 bits per heavy atom. The molecule has 0 amide bonds. The van der Waals surface area contributed by atoms with E-state index < -0.39 is 0 Å². The summed E-state index contributed by atoms with van der Waals surface area (Å²) in [5.41, 5.74) is 7.82. The Bertz CT molecular complexity index is 2100. The first-order chi connectivity index (χ1) is 22.0. The van der Waals surface area contributed by atoms with Crippen molar-refractivity contribution in [3.63, 3.8) is 0 Å². The second-order valence-electron chi connectivity index (χ2n) is 11.2. The van der Waals surface area contributed by atoms with E-state index in [4.69, 9.17) is 9.47 Å². The Kier molecular flexibility index (Phi) is 7.67. The highest BCUT2D eigenvalue weighted by Crippen LogP contribution is 2.36. The summed E-state index contributed by atoms with van der Waals surface area (Å²) in [7, 11) is 3.94. The van der Waals surface area contributed by atoms with Crippen molar-refractivity contribution in [1.29, 1.82) is 0 Å². The summed E-state index contributed by atoms with van der Waals surface area (Å²) in [5.74, 6) is 0.813. The van der Waals surface area contributed by atoms with Crippen LogP contribution in [0.15, 0.2) is 104 Å². The maximum atomic E-state index is 14.7. The topological polar surface area (TPSA) is 92.0 Å². The number of likely N-dealkylation sites (N-methyl/N-ethyl adjacent to an activating group) is 1. The number of pyridine rings is 2. The number of rotatable bonds is 10. The van der Waals surface area contributed by atoms with Crippen molar-refractivity contribution >= 4 is 21.8 Å². The van der Waals surface area contributed by atoms with Crippen LogP contribution in [0, 0.1) is 5.82 Å². The molecule has 0 atom stereocenters. The Hall–Kier alpha value is -5.54. The van der Waals surface area contributed by atoms with E-state index in [0.717, 1.165) is 62.0 Å². The lowest BCUT2D eigenvalue weighted by atomic mass is 10.0. The minimum atomic E-state index is -0.366. The molecule has 4 heterocycles. The van der Waals surface area contributed by atoms with Crippen molar-refractivity contribution < 1.29 is 13.9 Å². The predicted molar refractivity (Wildman–Crippen MR) is 175 cm³/mol. The molecular weight excluding hydrogens is 567 g/mol. The Labute approximate surface area is 259 Å². The molecule has 8 nitrogen and oxygen atoms in total. The number of benzene rings is 3. The molecule has 0 aliphatic heterocycles. The molecule has 2 N–H and O–H groups in total. The number of nitrogens with zero attached hydrogens (tertiary/aromatic N) is 4. The highest BCUT2D eigenvalue weighted by atomic mass is 19.1. The van der Waals surface area contributed by atoms with Crippen molar-refractivity contribution in [2.24, 2.45) is 0 Å². The molecule has 0 saturated heterocycles. The smallest absolute Gasteiger partial charge is 0.138 e. The van der Waals surface area contributed by atoms with Gasteiger partial charge in [0.15, 0.2) is 0 Å². The largest absolute Gasteiger partial charge is 0.492 e. The summed E-state index contributed by atoms with van der Waals surface area (Å²) in [5, 5.41) is 9.66. The molecule has 0 fully saturated rings. The fourth-order valence-electron chi connectivity index (χ4n) is 5.35. The third-order valence-electron chi connectivity index (χ3n) is 7.65. The van der Waals surface area contributed by atoms with Crippen LogP contribution in [-0.2, 0) is 6.61 Å². The highest BCUT2D eigenvalue weighted by Gasteiger charge is 2.16. The number of aromatic nitrogens is 5. The van der Waals surface area contributed by atoms with Gasteiger partial charge in [0.1, 0.15) is 36.2 Å². The van der Waals surface area contributed by atoms with Gasteiger partial charge in [0.25, 0.3) is 0 Å². The van der Waals surface area contributed by atoms with Crippen molar-refractivity contribution in [3.8, 4) is 45.1 Å². The predicted octanol–water partition coefficient (Wildman–Crippen LogP) is 7.49. The van der Waals surface area contributed by atoms with Crippen LogP contribution in [0.5, 0.6) is 11.5 Å². The van der Waals surface area contributed by atoms with Crippen molar-refractivity contribution in [2.45, 2.75) is 6.61 Å². The number of fused-ring (bicyclic) bond motifs is 2. The first-order valence-corrected chi connectivity index (χ1v) is 14.7. The maximum absolute atomic E-state index is 14.7. The number of H-pyrrole nitrogens is 2. The van der Waals surface area contributed by atoms with E-state index in [1.165, 1.54) is 12.1 Å². The fourth-order valence-corrected chi connectivity index (χ4v) is 5.35. The van der Waals surface area contributed by atoms with Crippen LogP contribution >= 0.6 is 0 Å². The molecular formula is C36H31FN6O2. The van der Waals surface area contributed by atoms with E-state index in [-0.39, 0.29) is 5.82 Å². The number of halogens is 1. The molecule has 0 spiro atoms. The lowest BCUT2D eigenvalue weighted by Crippen LogP contribution is -2.19. The maximum Gasteiger partial charge on any atom is 0.138 e. The average molecular weight is 599 g/mol. The summed E-state index contributed by atoms with van der Waals surface area (Å²) in [4.78, 5) is 14.4. The monoisotopic (exact) mass is 598 g/mol. The second kappa shape index (κ2) is 12.2. The van der Waals surface area contributed by atoms with Gasteiger partial charge in [0.2, 0.25) is 0 Å². The Morgan fingerprint density at radius 2 is 1.58 bits per heavy atom. The SMILES string of the molecule is CN(C)CCOc1cc(F)cc(-c2cncc3[nH]c(-c4n[nH]c5ccc(-c6cncc(OCc7ccccc7)c6)cc45)cc23)c1. The number of hydrogen-bond donors (Lipinski definition) is 2. The highest BCUT2D eigenvalue weighted by molar-refractivity contribution is 6.01. The van der Waals surface area contributed by atoms with Gasteiger partial charge >= 0.3 is 0 Å². The van der Waals surface area contributed by atoms with Crippen LogP contribution in [0.25, 0.3) is 55.4 Å². The zero-order chi connectivity index (χ0) is 30.8. The molecule has 45 heavy (non-hydrogen) atoms. The van der Waals surface area contributed by atoms with Gasteiger partial charge in [-0.1, -0.05) is 36.4 Å². The summed E-state index contributed by atoms with van der Waals surface area (Å²) in [6.45, 7) is 1.66. The van der Waals surface area contributed by atoms with E-state index in [2.05, 4.69) is 31.2 Å². The van der Waals surface area contributed by atoms with Gasteiger partial charge in [-0.2, -0.15) is 5.10 Å². The zero-order valence-electron chi connectivity index (χ0n) is 24.9. The lowest BCUT2D eigenvalue weighted by molar-refractivity contribution is 0.260. The molecule has 0 aliphatic rings. The fraction of sp³-hybridized carbons (Fsp3) is 0.139. The quantitative estimate of drug-likeness (QED) is 0.170. The lowest BCUT2D eigenvalue weighted by Gasteiger charge is -2.12. The molecule has 0 aliphatic carbocycles. The van der Waals surface area contributed by atoms with Crippen LogP contribution in [0.1, 0.15) is 5.56 Å². The molecule has 0 unspecified atom stereocenters. The van der Waals surface area contributed by atoms with Crippen LogP contribution < -0.4 is 9.47 Å². The molecule has 0 radical (unpaired) electrons. The standard InChI is InChI=1S/C36H31FN6O2/c1-43(2)10-11-44-28-13-25(12-27(37)16-28)32-20-39-21-35-30(32)17-34(40-35)36-31-15-24(8-9-33(31)41-42-36)26-14-29(19-38-18-26)45-22-23-6-4-3-5-7-23/h3-9,12-21,40H,10-11,22H2,1-2H3,(H,41,42). The number of aromatic amines is 2. The number of hydrogen-bond acceptors (Lipinski definition) is 6. The summed E-state index contributed by atoms with van der Waals surface area (Å²) < 4.78 is 26.5. The average Bonchev–Trinajstić information content (AvgIpc) is 3.68. The molecule has 7 rings (SSSR count). The van der Waals surface area contributed by atoms with E-state index in [9.17, 15) is 4.39 Å². The van der Waals surface area contributed by atoms with Gasteiger partial charge in [0.05, 0.1) is 29.1 Å². The first-order valence-electron chi connectivity index (χ1n) is 14.7. The Balaban J connectivity index is 1.20. The van der Waals surface area contributed by atoms with Crippen molar-refractivity contribution in [3.05, 3.63) is 115 Å². The van der Waals surface area contributed by atoms with Gasteiger partial charge in [0, 0.05) is 46.9 Å². The van der Waals surface area contributed by atoms with Gasteiger partial charge < -0.3 is 19.4 Å². The van der Waals surface area contributed by atoms with E-state index in [0.29, 0.717) is 30.3 Å². The summed E-state index contributed by atoms with van der Waals surface area (Å²) >= 11 is 0. The van der Waals surface area contributed by atoms with E-state index >= 15 is 0 Å². The second-order valence-corrected chi connectivity index (χ2v) is 11.2. The molecule has 9 heteroatoms. The molecule has 4 aromatic heterocycles. The molecule has 224 valence electrons. The van der Waals surface area contributed by atoms with Gasteiger partial charge in [-0.15, -0.1) is 0 Å². The molecule has 0 saturated carbocycles. The molecule has 3 aromatic carbocycles. The van der Waals surface area contributed by atoms with Crippen LogP contribution in [0.2, 0.25) is 0 Å². The van der Waals surface area contributed by atoms with Crippen LogP contribution in [-0.4, -0.2) is 57.3 Å². The summed E-state index contributed by atoms with van der Waals surface area (Å²) in [6.07, 6.45) is 7.07. The first kappa shape index (κ1) is 28.2. The number of ether oxygens (including phenoxy) is 2. The van der Waals surface area contributed by atoms with Crippen LogP contribution in [0.4, 0.5) is 4.39 Å². The van der Waals surface area contributed by atoms with E-state index in [1.54, 1.807) is 18.6 Å². The Morgan fingerprint density at radius 3 is 2.44 bits per heavy atom. The normalized spacial score (nSPS) is 11.5. The minimum Gasteiger partial charge on any atom is -0.492 e. The van der Waals surface area contributed by atoms with Crippen molar-refractivity contribution in [1.82, 2.24) is 30.0 Å². The minimum absolute atomic E-state index is 0.366. The zero-order valence-corrected chi connectivity index (χ0v) is 24.9. The third-order valence-corrected chi connectivity index (χ3v) is 7.65. The van der Waals surface area contributed by atoms with Gasteiger partial charge in [-0.3, -0.25) is 15.1 Å².